The number of ether oxygens (including phenoxy) is 3. The van der Waals surface area contributed by atoms with Gasteiger partial charge in [0.15, 0.2) is 16.3 Å². The lowest BCUT2D eigenvalue weighted by Crippen LogP contribution is -2.33. The molecule has 34 heavy (non-hydrogen) atoms. The molecule has 0 bridgehead atoms. The Morgan fingerprint density at radius 2 is 1.82 bits per heavy atom. The summed E-state index contributed by atoms with van der Waals surface area (Å²) < 4.78 is 44.5. The number of carbonyl (C=O) groups excluding carboxylic acids is 2. The van der Waals surface area contributed by atoms with Crippen LogP contribution >= 0.6 is 11.3 Å². The first-order valence-electron chi connectivity index (χ1n) is 10.3. The van der Waals surface area contributed by atoms with Crippen molar-refractivity contribution < 1.29 is 32.2 Å². The maximum Gasteiger partial charge on any atom is 0.325 e. The molecule has 0 aliphatic carbocycles. The van der Waals surface area contributed by atoms with Crippen LogP contribution in [0.15, 0.2) is 46.3 Å². The van der Waals surface area contributed by atoms with Crippen molar-refractivity contribution in [2.24, 2.45) is 4.99 Å². The van der Waals surface area contributed by atoms with Crippen LogP contribution in [0, 0.1) is 0 Å². The summed E-state index contributed by atoms with van der Waals surface area (Å²) in [6, 6.07) is 8.88. The summed E-state index contributed by atoms with van der Waals surface area (Å²) in [7, 11) is -0.891. The standard InChI is InChI=1S/C22H23N3O7S2/c1-13(2)24(3)34(28,29)15-7-5-14(6-8-15)21(27)23-22-25(11-20(26)30-4)16-9-17-18(32-12-31-17)10-19(16)33-22/h5-10,13H,11-12H2,1-4H3. The molecular weight excluding hydrogens is 482 g/mol. The first kappa shape index (κ1) is 23.9. The van der Waals surface area contributed by atoms with Gasteiger partial charge in [0.1, 0.15) is 6.54 Å². The monoisotopic (exact) mass is 505 g/mol. The van der Waals surface area contributed by atoms with Crippen molar-refractivity contribution in [3.8, 4) is 11.5 Å². The number of esters is 1. The highest BCUT2D eigenvalue weighted by molar-refractivity contribution is 7.89. The predicted molar refractivity (Wildman–Crippen MR) is 124 cm³/mol. The number of fused-ring (bicyclic) bond motifs is 2. The summed E-state index contributed by atoms with van der Waals surface area (Å²) in [4.78, 5) is 29.5. The topological polar surface area (TPSA) is 117 Å². The number of benzene rings is 2. The van der Waals surface area contributed by atoms with E-state index in [-0.39, 0.29) is 34.6 Å². The molecular formula is C22H23N3O7S2. The van der Waals surface area contributed by atoms with Crippen molar-refractivity contribution in [3.63, 3.8) is 0 Å². The zero-order chi connectivity index (χ0) is 24.6. The van der Waals surface area contributed by atoms with E-state index in [0.717, 1.165) is 4.70 Å². The molecule has 1 aromatic heterocycles. The molecule has 0 N–H and O–H groups in total. The zero-order valence-corrected chi connectivity index (χ0v) is 20.6. The molecule has 2 aromatic carbocycles. The Kier molecular flexibility index (Phi) is 6.47. The van der Waals surface area contributed by atoms with Crippen LogP contribution in [0.4, 0.5) is 0 Å². The quantitative estimate of drug-likeness (QED) is 0.472. The van der Waals surface area contributed by atoms with Gasteiger partial charge in [0.05, 0.1) is 22.2 Å². The third kappa shape index (κ3) is 4.43. The molecule has 180 valence electrons. The van der Waals surface area contributed by atoms with Gasteiger partial charge in [-0.1, -0.05) is 11.3 Å². The number of amides is 1. The van der Waals surface area contributed by atoms with Gasteiger partial charge in [-0.05, 0) is 38.1 Å². The number of aromatic nitrogens is 1. The minimum absolute atomic E-state index is 0.0809. The molecule has 1 aliphatic heterocycles. The Morgan fingerprint density at radius 3 is 2.44 bits per heavy atom. The molecule has 0 saturated carbocycles. The van der Waals surface area contributed by atoms with Gasteiger partial charge in [-0.3, -0.25) is 9.59 Å². The van der Waals surface area contributed by atoms with Crippen molar-refractivity contribution in [1.82, 2.24) is 8.87 Å². The smallest absolute Gasteiger partial charge is 0.325 e. The predicted octanol–water partition coefficient (Wildman–Crippen LogP) is 2.37. The van der Waals surface area contributed by atoms with Gasteiger partial charge in [-0.15, -0.1) is 0 Å². The molecule has 0 radical (unpaired) electrons. The number of thiazole rings is 1. The third-order valence-corrected chi connectivity index (χ3v) is 8.48. The Balaban J connectivity index is 1.73. The van der Waals surface area contributed by atoms with E-state index in [9.17, 15) is 18.0 Å². The second-order valence-electron chi connectivity index (χ2n) is 7.78. The zero-order valence-electron chi connectivity index (χ0n) is 19.0. The molecule has 0 saturated heterocycles. The van der Waals surface area contributed by atoms with Crippen LogP contribution in [0.2, 0.25) is 0 Å². The molecule has 0 unspecified atom stereocenters. The van der Waals surface area contributed by atoms with Gasteiger partial charge < -0.3 is 18.8 Å². The van der Waals surface area contributed by atoms with Gasteiger partial charge in [-0.25, -0.2) is 8.42 Å². The summed E-state index contributed by atoms with van der Waals surface area (Å²) in [5.41, 5.74) is 0.853. The lowest BCUT2D eigenvalue weighted by atomic mass is 10.2. The van der Waals surface area contributed by atoms with E-state index in [2.05, 4.69) is 4.99 Å². The van der Waals surface area contributed by atoms with E-state index in [1.807, 2.05) is 0 Å². The van der Waals surface area contributed by atoms with Crippen molar-refractivity contribution in [2.75, 3.05) is 21.0 Å². The lowest BCUT2D eigenvalue weighted by Gasteiger charge is -2.20. The lowest BCUT2D eigenvalue weighted by molar-refractivity contribution is -0.141. The van der Waals surface area contributed by atoms with Crippen molar-refractivity contribution in [1.29, 1.82) is 0 Å². The molecule has 3 aromatic rings. The third-order valence-electron chi connectivity index (χ3n) is 5.39. The van der Waals surface area contributed by atoms with E-state index >= 15 is 0 Å². The average molecular weight is 506 g/mol. The first-order chi connectivity index (χ1) is 16.1. The van der Waals surface area contributed by atoms with E-state index in [1.54, 1.807) is 30.5 Å². The fourth-order valence-electron chi connectivity index (χ4n) is 3.26. The van der Waals surface area contributed by atoms with Crippen molar-refractivity contribution >= 4 is 43.5 Å². The maximum absolute atomic E-state index is 12.9. The largest absolute Gasteiger partial charge is 0.468 e. The van der Waals surface area contributed by atoms with E-state index < -0.39 is 21.9 Å². The van der Waals surface area contributed by atoms with E-state index in [0.29, 0.717) is 17.0 Å². The molecule has 1 aliphatic rings. The number of hydrogen-bond donors (Lipinski definition) is 0. The molecule has 0 atom stereocenters. The number of nitrogens with zero attached hydrogens (tertiary/aromatic N) is 3. The summed E-state index contributed by atoms with van der Waals surface area (Å²) in [6.45, 7) is 3.50. The van der Waals surface area contributed by atoms with Crippen LogP contribution in [0.5, 0.6) is 11.5 Å². The van der Waals surface area contributed by atoms with Crippen LogP contribution in [0.25, 0.3) is 10.2 Å². The Labute approximate surface area is 200 Å². The minimum atomic E-state index is -3.67. The van der Waals surface area contributed by atoms with Gasteiger partial charge in [0, 0.05) is 30.8 Å². The second-order valence-corrected chi connectivity index (χ2v) is 10.8. The van der Waals surface area contributed by atoms with Crippen LogP contribution in [-0.2, 0) is 26.1 Å². The SMILES string of the molecule is COC(=O)Cn1c(=NC(=O)c2ccc(S(=O)(=O)N(C)C(C)C)cc2)sc2cc3c(cc21)OCO3. The van der Waals surface area contributed by atoms with Crippen molar-refractivity contribution in [2.45, 2.75) is 31.3 Å². The Hall–Kier alpha value is -3.22. The highest BCUT2D eigenvalue weighted by Gasteiger charge is 2.23. The summed E-state index contributed by atoms with van der Waals surface area (Å²) in [5, 5.41) is 0. The minimum Gasteiger partial charge on any atom is -0.468 e. The van der Waals surface area contributed by atoms with Crippen LogP contribution in [0.3, 0.4) is 0 Å². The fraction of sp³-hybridized carbons (Fsp3) is 0.318. The number of hydrogen-bond acceptors (Lipinski definition) is 8. The number of sulfonamides is 1. The number of carbonyl (C=O) groups is 2. The molecule has 1 amide bonds. The van der Waals surface area contributed by atoms with Gasteiger partial charge in [0.2, 0.25) is 16.8 Å². The summed E-state index contributed by atoms with van der Waals surface area (Å²) >= 11 is 1.21. The molecule has 12 heteroatoms. The van der Waals surface area contributed by atoms with E-state index in [1.165, 1.54) is 54.1 Å². The van der Waals surface area contributed by atoms with Gasteiger partial charge >= 0.3 is 5.97 Å². The van der Waals surface area contributed by atoms with Crippen LogP contribution < -0.4 is 14.3 Å². The summed E-state index contributed by atoms with van der Waals surface area (Å²) in [5.74, 6) is 0.0198. The fourth-order valence-corrected chi connectivity index (χ4v) is 5.66. The maximum atomic E-state index is 12.9. The van der Waals surface area contributed by atoms with Crippen LogP contribution in [-0.4, -0.2) is 56.2 Å². The Morgan fingerprint density at radius 1 is 1.18 bits per heavy atom. The van der Waals surface area contributed by atoms with Gasteiger partial charge in [-0.2, -0.15) is 9.30 Å². The Bertz CT molecular complexity index is 1440. The second kappa shape index (κ2) is 9.20. The van der Waals surface area contributed by atoms with Gasteiger partial charge in [0.25, 0.3) is 5.91 Å². The van der Waals surface area contributed by atoms with Crippen molar-refractivity contribution in [3.05, 3.63) is 46.8 Å². The molecule has 0 spiro atoms. The average Bonchev–Trinajstić information content (AvgIpc) is 3.40. The van der Waals surface area contributed by atoms with Crippen LogP contribution in [0.1, 0.15) is 24.2 Å². The molecule has 2 heterocycles. The first-order valence-corrected chi connectivity index (χ1v) is 12.5. The molecule has 0 fully saturated rings. The normalized spacial score (nSPS) is 13.8. The molecule has 10 nitrogen and oxygen atoms in total. The highest BCUT2D eigenvalue weighted by Crippen LogP contribution is 2.37. The highest BCUT2D eigenvalue weighted by atomic mass is 32.2. The number of rotatable bonds is 6. The van der Waals surface area contributed by atoms with E-state index in [4.69, 9.17) is 14.2 Å². The number of methoxy groups -OCH3 is 1. The molecule has 4 rings (SSSR count). The summed E-state index contributed by atoms with van der Waals surface area (Å²) in [6.07, 6.45) is 0.